The van der Waals surface area contributed by atoms with Gasteiger partial charge in [0.15, 0.2) is 5.78 Å². The summed E-state index contributed by atoms with van der Waals surface area (Å²) in [6.45, 7) is 0. The van der Waals surface area contributed by atoms with Gasteiger partial charge >= 0.3 is 0 Å². The van der Waals surface area contributed by atoms with Crippen molar-refractivity contribution >= 4 is 17.8 Å². The first-order chi connectivity index (χ1) is 14.6. The molecule has 4 rings (SSSR count). The summed E-state index contributed by atoms with van der Waals surface area (Å²) in [6.07, 6.45) is 17.4. The molecule has 30 heavy (non-hydrogen) atoms. The molecule has 2 aliphatic rings. The van der Waals surface area contributed by atoms with E-state index >= 15 is 0 Å². The van der Waals surface area contributed by atoms with Gasteiger partial charge in [-0.1, -0.05) is 66.8 Å². The minimum absolute atomic E-state index is 0.0767. The lowest BCUT2D eigenvalue weighted by molar-refractivity contribution is 0.0975. The first kappa shape index (κ1) is 20.1. The van der Waals surface area contributed by atoms with Crippen LogP contribution in [0, 0.1) is 11.8 Å². The van der Waals surface area contributed by atoms with E-state index in [2.05, 4.69) is 54.6 Å². The summed E-state index contributed by atoms with van der Waals surface area (Å²) in [7, 11) is 0. The predicted octanol–water partition coefficient (Wildman–Crippen LogP) is 5.31. The van der Waals surface area contributed by atoms with Crippen LogP contribution in [0.2, 0.25) is 0 Å². The molecular formula is C27H27NO2. The van der Waals surface area contributed by atoms with Crippen LogP contribution in [-0.2, 0) is 12.8 Å². The van der Waals surface area contributed by atoms with Crippen LogP contribution in [-0.4, -0.2) is 11.7 Å². The van der Waals surface area contributed by atoms with Crippen LogP contribution in [0.3, 0.4) is 0 Å². The fourth-order valence-corrected chi connectivity index (χ4v) is 4.20. The van der Waals surface area contributed by atoms with E-state index in [-0.39, 0.29) is 5.78 Å². The number of hydrogen-bond acceptors (Lipinski definition) is 2. The number of amides is 1. The fraction of sp³-hybridized carbons (Fsp3) is 0.259. The molecule has 0 saturated heterocycles. The molecule has 0 saturated carbocycles. The topological polar surface area (TPSA) is 60.2 Å². The van der Waals surface area contributed by atoms with Crippen LogP contribution in [0.5, 0.6) is 0 Å². The van der Waals surface area contributed by atoms with Crippen LogP contribution in [0.1, 0.15) is 56.7 Å². The second-order valence-corrected chi connectivity index (χ2v) is 8.24. The first-order valence-electron chi connectivity index (χ1n) is 10.7. The van der Waals surface area contributed by atoms with Crippen molar-refractivity contribution in [2.45, 2.75) is 32.1 Å². The standard InChI is InChI=1S/C27H27NO2/c28-27(30)24-15-14-23-13-11-22(12-16-26(29)25(23)18-24)17-21-9-7-20(8-10-21)6-5-19-3-1-2-4-19/h1-4,7-11,13-15,18-19,22H,5-6,12,16-17H2,(H2,28,30)/b13-11-. The van der Waals surface area contributed by atoms with Gasteiger partial charge < -0.3 is 5.73 Å². The van der Waals surface area contributed by atoms with E-state index in [0.29, 0.717) is 29.4 Å². The Bertz CT molecular complexity index is 1020. The second kappa shape index (κ2) is 9.08. The molecule has 152 valence electrons. The largest absolute Gasteiger partial charge is 0.366 e. The van der Waals surface area contributed by atoms with Crippen molar-refractivity contribution in [3.63, 3.8) is 0 Å². The second-order valence-electron chi connectivity index (χ2n) is 8.24. The van der Waals surface area contributed by atoms with Crippen molar-refractivity contribution in [2.24, 2.45) is 17.6 Å². The highest BCUT2D eigenvalue weighted by molar-refractivity contribution is 6.03. The van der Waals surface area contributed by atoms with Gasteiger partial charge in [0.1, 0.15) is 0 Å². The lowest BCUT2D eigenvalue weighted by Gasteiger charge is -2.17. The highest BCUT2D eigenvalue weighted by Crippen LogP contribution is 2.25. The molecular weight excluding hydrogens is 370 g/mol. The Hall–Kier alpha value is -3.20. The van der Waals surface area contributed by atoms with E-state index in [1.165, 1.54) is 11.1 Å². The molecule has 1 amide bonds. The lowest BCUT2D eigenvalue weighted by atomic mass is 9.87. The summed E-state index contributed by atoms with van der Waals surface area (Å²) in [5.74, 6) is 0.462. The zero-order valence-corrected chi connectivity index (χ0v) is 17.1. The molecule has 0 spiro atoms. The van der Waals surface area contributed by atoms with Gasteiger partial charge in [0.05, 0.1) is 0 Å². The first-order valence-corrected chi connectivity index (χ1v) is 10.7. The average Bonchev–Trinajstić information content (AvgIpc) is 3.27. The van der Waals surface area contributed by atoms with Crippen molar-refractivity contribution in [3.05, 3.63) is 101 Å². The number of fused-ring (bicyclic) bond motifs is 1. The van der Waals surface area contributed by atoms with E-state index in [9.17, 15) is 9.59 Å². The third-order valence-corrected chi connectivity index (χ3v) is 6.04. The predicted molar refractivity (Wildman–Crippen MR) is 121 cm³/mol. The lowest BCUT2D eigenvalue weighted by Crippen LogP contribution is -2.14. The van der Waals surface area contributed by atoms with Crippen molar-refractivity contribution in [3.8, 4) is 0 Å². The highest BCUT2D eigenvalue weighted by atomic mass is 16.1. The Balaban J connectivity index is 1.41. The summed E-state index contributed by atoms with van der Waals surface area (Å²) in [4.78, 5) is 24.1. The van der Waals surface area contributed by atoms with Crippen LogP contribution >= 0.6 is 0 Å². The highest BCUT2D eigenvalue weighted by Gasteiger charge is 2.18. The third-order valence-electron chi connectivity index (χ3n) is 6.04. The minimum atomic E-state index is -0.505. The third kappa shape index (κ3) is 4.85. The van der Waals surface area contributed by atoms with E-state index in [4.69, 9.17) is 5.73 Å². The number of nitrogens with two attached hydrogens (primary N) is 1. The van der Waals surface area contributed by atoms with E-state index in [1.54, 1.807) is 12.1 Å². The van der Waals surface area contributed by atoms with Crippen molar-refractivity contribution in [1.82, 2.24) is 0 Å². The number of hydrogen-bond donors (Lipinski definition) is 1. The molecule has 0 aliphatic heterocycles. The van der Waals surface area contributed by atoms with Gasteiger partial charge in [-0.25, -0.2) is 0 Å². The van der Waals surface area contributed by atoms with E-state index < -0.39 is 5.91 Å². The molecule has 0 fully saturated rings. The maximum atomic E-state index is 12.7. The molecule has 0 radical (unpaired) electrons. The molecule has 0 heterocycles. The van der Waals surface area contributed by atoms with E-state index in [1.807, 2.05) is 12.1 Å². The van der Waals surface area contributed by atoms with Gasteiger partial charge in [-0.15, -0.1) is 0 Å². The molecule has 2 aliphatic carbocycles. The summed E-state index contributed by atoms with van der Waals surface area (Å²) in [5.41, 5.74) is 9.86. The summed E-state index contributed by atoms with van der Waals surface area (Å²) in [5, 5.41) is 0. The Morgan fingerprint density at radius 3 is 2.43 bits per heavy atom. The summed E-state index contributed by atoms with van der Waals surface area (Å²) in [6, 6.07) is 14.0. The maximum Gasteiger partial charge on any atom is 0.248 e. The molecule has 3 heteroatoms. The van der Waals surface area contributed by atoms with Crippen LogP contribution < -0.4 is 5.73 Å². The summed E-state index contributed by atoms with van der Waals surface area (Å²) >= 11 is 0. The number of benzene rings is 2. The molecule has 2 N–H and O–H groups in total. The van der Waals surface area contributed by atoms with Gasteiger partial charge in [0, 0.05) is 17.5 Å². The smallest absolute Gasteiger partial charge is 0.248 e. The molecule has 1 atom stereocenters. The number of aryl methyl sites for hydroxylation is 1. The van der Waals surface area contributed by atoms with Gasteiger partial charge in [0.2, 0.25) is 5.91 Å². The maximum absolute atomic E-state index is 12.7. The zero-order valence-electron chi connectivity index (χ0n) is 17.1. The minimum Gasteiger partial charge on any atom is -0.366 e. The number of carbonyl (C=O) groups excluding carboxylic acids is 2. The van der Waals surface area contributed by atoms with Crippen molar-refractivity contribution in [1.29, 1.82) is 0 Å². The van der Waals surface area contributed by atoms with Crippen LogP contribution in [0.15, 0.2) is 72.8 Å². The Morgan fingerprint density at radius 2 is 1.70 bits per heavy atom. The number of Topliss-reactive ketones (excluding diaryl/α,β-unsaturated/α-hetero) is 1. The summed E-state index contributed by atoms with van der Waals surface area (Å²) < 4.78 is 0. The quantitative estimate of drug-likeness (QED) is 0.718. The molecule has 1 unspecified atom stereocenters. The Kier molecular flexibility index (Phi) is 6.08. The molecule has 2 aromatic carbocycles. The fourth-order valence-electron chi connectivity index (χ4n) is 4.20. The zero-order chi connectivity index (χ0) is 20.9. The van der Waals surface area contributed by atoms with Gasteiger partial charge in [-0.2, -0.15) is 0 Å². The monoisotopic (exact) mass is 397 g/mol. The molecule has 2 aromatic rings. The van der Waals surface area contributed by atoms with E-state index in [0.717, 1.165) is 31.2 Å². The van der Waals surface area contributed by atoms with Crippen molar-refractivity contribution in [2.75, 3.05) is 0 Å². The Labute approximate surface area is 178 Å². The number of rotatable bonds is 6. The number of allylic oxidation sites excluding steroid dienone is 5. The number of ketones is 1. The number of primary amides is 1. The van der Waals surface area contributed by atoms with Gasteiger partial charge in [0.25, 0.3) is 0 Å². The normalized spacial score (nSPS) is 19.3. The van der Waals surface area contributed by atoms with Crippen LogP contribution in [0.25, 0.3) is 6.08 Å². The Morgan fingerprint density at radius 1 is 0.967 bits per heavy atom. The van der Waals surface area contributed by atoms with Crippen molar-refractivity contribution < 1.29 is 9.59 Å². The molecule has 0 aromatic heterocycles. The number of carbonyl (C=O) groups is 2. The van der Waals surface area contributed by atoms with Gasteiger partial charge in [-0.05, 0) is 66.3 Å². The molecule has 0 bridgehead atoms. The SMILES string of the molecule is NC(=O)c1ccc2c(c1)C(=O)CCC(Cc1ccc(CCC3C=CC=C3)cc1)/C=C\2. The van der Waals surface area contributed by atoms with Crippen LogP contribution in [0.4, 0.5) is 0 Å². The van der Waals surface area contributed by atoms with Gasteiger partial charge in [-0.3, -0.25) is 9.59 Å². The average molecular weight is 398 g/mol. The molecule has 3 nitrogen and oxygen atoms in total.